The molecule has 10 nitrogen and oxygen atoms in total. The number of pyridine rings is 1. The van der Waals surface area contributed by atoms with E-state index in [-0.39, 0.29) is 17.7 Å². The van der Waals surface area contributed by atoms with Gasteiger partial charge in [0, 0.05) is 64.3 Å². The highest BCUT2D eigenvalue weighted by Gasteiger charge is 2.31. The van der Waals surface area contributed by atoms with Crippen molar-refractivity contribution in [2.75, 3.05) is 19.7 Å². The van der Waals surface area contributed by atoms with Gasteiger partial charge >= 0.3 is 5.97 Å². The molecule has 1 aromatic carbocycles. The predicted octanol–water partition coefficient (Wildman–Crippen LogP) is 5.96. The smallest absolute Gasteiger partial charge is 0.338 e. The van der Waals surface area contributed by atoms with Crippen molar-refractivity contribution in [3.05, 3.63) is 91.8 Å². The van der Waals surface area contributed by atoms with Crippen LogP contribution in [0.4, 0.5) is 0 Å². The molecule has 1 saturated heterocycles. The number of carboxylic acid groups (broad SMARTS) is 1. The number of hydrogen-bond acceptors (Lipinski definition) is 8. The van der Waals surface area contributed by atoms with Crippen molar-refractivity contribution in [3.8, 4) is 16.9 Å². The fraction of sp³-hybridized carbons (Fsp3) is 0.382. The maximum absolute atomic E-state index is 13.9. The Labute approximate surface area is 275 Å². The summed E-state index contributed by atoms with van der Waals surface area (Å²) in [5.74, 6) is 0.267. The Bertz CT molecular complexity index is 1980. The van der Waals surface area contributed by atoms with Crippen LogP contribution in [0.25, 0.3) is 21.3 Å². The Morgan fingerprint density at radius 2 is 1.93 bits per heavy atom. The molecule has 2 aliphatic rings. The van der Waals surface area contributed by atoms with Crippen molar-refractivity contribution in [3.63, 3.8) is 0 Å². The molecular weight excluding hydrogens is 624 g/mol. The number of thiophene rings is 1. The van der Waals surface area contributed by atoms with Crippen LogP contribution in [0.15, 0.2) is 52.9 Å². The van der Waals surface area contributed by atoms with Gasteiger partial charge in [-0.25, -0.2) is 9.78 Å². The Kier molecular flexibility index (Phi) is 8.39. The quantitative estimate of drug-likeness (QED) is 0.217. The van der Waals surface area contributed by atoms with Gasteiger partial charge in [-0.05, 0) is 76.3 Å². The molecule has 4 aromatic heterocycles. The molecule has 1 atom stereocenters. The van der Waals surface area contributed by atoms with Crippen LogP contribution in [-0.2, 0) is 19.4 Å². The number of fused-ring (bicyclic) bond motifs is 2. The van der Waals surface area contributed by atoms with Gasteiger partial charge in [0.05, 0.1) is 34.1 Å². The lowest BCUT2D eigenvalue weighted by Crippen LogP contribution is -2.46. The van der Waals surface area contributed by atoms with Crippen molar-refractivity contribution in [1.82, 2.24) is 29.2 Å². The second kappa shape index (κ2) is 12.6. The lowest BCUT2D eigenvalue weighted by molar-refractivity contribution is 0.0699. The number of likely N-dealkylation sites (tertiary alicyclic amines) is 1. The Hall–Kier alpha value is -4.06. The molecule has 5 heterocycles. The first-order valence-corrected chi connectivity index (χ1v) is 16.9. The number of nitrogens with zero attached hydrogens (tertiary/aromatic N) is 6. The van der Waals surface area contributed by atoms with Gasteiger partial charge in [0.1, 0.15) is 18.2 Å². The van der Waals surface area contributed by atoms with E-state index in [4.69, 9.17) is 21.3 Å². The predicted molar refractivity (Wildman–Crippen MR) is 178 cm³/mol. The number of carbonyl (C=O) groups is 1. The van der Waals surface area contributed by atoms with E-state index in [1.807, 2.05) is 50.5 Å². The summed E-state index contributed by atoms with van der Waals surface area (Å²) in [5, 5.41) is 16.3. The Morgan fingerprint density at radius 3 is 2.70 bits per heavy atom. The van der Waals surface area contributed by atoms with E-state index in [0.717, 1.165) is 65.9 Å². The zero-order valence-electron chi connectivity index (χ0n) is 25.8. The molecule has 0 spiro atoms. The van der Waals surface area contributed by atoms with Crippen molar-refractivity contribution in [1.29, 1.82) is 0 Å². The standard InChI is InChI=1S/C34H35ClN6O4S/c1-20-16-26(32-31(37-20)28(19-46-32)34(43)44)25-17-22(35)4-7-30(25)45-15-14-40-21(2)38-29-6-5-24(18-27(29)33(40)42)39-12-8-23(9-13-39)41-11-3-10-36-41/h3-4,7,10-11,16-17,19,23-24H,5-6,8-9,12-15,18H2,1-2H3,(H,43,44)/t24-/m1/s1. The number of piperidine rings is 1. The maximum Gasteiger partial charge on any atom is 0.338 e. The average molecular weight is 659 g/mol. The van der Waals surface area contributed by atoms with E-state index >= 15 is 0 Å². The average Bonchev–Trinajstić information content (AvgIpc) is 3.74. The van der Waals surface area contributed by atoms with Crippen molar-refractivity contribution in [2.24, 2.45) is 0 Å². The molecule has 1 aliphatic carbocycles. The van der Waals surface area contributed by atoms with Gasteiger partial charge in [0.25, 0.3) is 5.56 Å². The molecule has 0 unspecified atom stereocenters. The topological polar surface area (TPSA) is 115 Å². The highest BCUT2D eigenvalue weighted by Crippen LogP contribution is 2.40. The molecule has 1 N–H and O–H groups in total. The van der Waals surface area contributed by atoms with Crippen molar-refractivity contribution >= 4 is 39.1 Å². The fourth-order valence-corrected chi connectivity index (χ4v) is 8.15. The van der Waals surface area contributed by atoms with Crippen LogP contribution in [0.2, 0.25) is 5.02 Å². The first-order valence-electron chi connectivity index (χ1n) is 15.6. The second-order valence-electron chi connectivity index (χ2n) is 12.1. The van der Waals surface area contributed by atoms with Gasteiger partial charge < -0.3 is 9.84 Å². The Balaban J connectivity index is 1.08. The molecule has 7 rings (SSSR count). The van der Waals surface area contributed by atoms with Gasteiger partial charge in [-0.1, -0.05) is 11.6 Å². The summed E-state index contributed by atoms with van der Waals surface area (Å²) in [7, 11) is 0. The zero-order chi connectivity index (χ0) is 31.9. The van der Waals surface area contributed by atoms with E-state index in [0.29, 0.717) is 52.9 Å². The maximum atomic E-state index is 13.9. The molecule has 0 radical (unpaired) electrons. The molecule has 0 saturated carbocycles. The largest absolute Gasteiger partial charge is 0.491 e. The summed E-state index contributed by atoms with van der Waals surface area (Å²) >= 11 is 7.76. The summed E-state index contributed by atoms with van der Waals surface area (Å²) in [6.07, 6.45) is 8.54. The molecule has 46 heavy (non-hydrogen) atoms. The number of ether oxygens (including phenoxy) is 1. The van der Waals surface area contributed by atoms with Crippen LogP contribution in [0, 0.1) is 13.8 Å². The third-order valence-corrected chi connectivity index (χ3v) is 10.5. The number of aryl methyl sites for hydroxylation is 3. The SMILES string of the molecule is Cc1cc(-c2cc(Cl)ccc2OCCn2c(C)nc3c(c2=O)C[C@H](N2CCC(n4cccn4)CC2)CC3)c2scc(C(=O)O)c2n1. The van der Waals surface area contributed by atoms with Crippen LogP contribution in [0.3, 0.4) is 0 Å². The van der Waals surface area contributed by atoms with E-state index in [1.165, 1.54) is 11.3 Å². The molecule has 0 amide bonds. The molecule has 12 heteroatoms. The van der Waals surface area contributed by atoms with Crippen molar-refractivity contribution < 1.29 is 14.6 Å². The number of halogens is 1. The van der Waals surface area contributed by atoms with Gasteiger partial charge in [0.2, 0.25) is 0 Å². The van der Waals surface area contributed by atoms with Gasteiger partial charge in [-0.3, -0.25) is 23.9 Å². The van der Waals surface area contributed by atoms with Gasteiger partial charge in [-0.15, -0.1) is 11.3 Å². The van der Waals surface area contributed by atoms with Crippen LogP contribution in [0.5, 0.6) is 5.75 Å². The third-order valence-electron chi connectivity index (χ3n) is 9.29. The molecule has 1 aliphatic heterocycles. The normalized spacial score (nSPS) is 17.3. The monoisotopic (exact) mass is 658 g/mol. The van der Waals surface area contributed by atoms with Crippen LogP contribution in [-0.4, -0.2) is 66.0 Å². The highest BCUT2D eigenvalue weighted by atomic mass is 35.5. The number of rotatable bonds is 8. The fourth-order valence-electron chi connectivity index (χ4n) is 6.97. The van der Waals surface area contributed by atoms with Gasteiger partial charge in [0.15, 0.2) is 0 Å². The molecular formula is C34H35ClN6O4S. The Morgan fingerprint density at radius 1 is 1.11 bits per heavy atom. The number of hydrogen-bond donors (Lipinski definition) is 1. The minimum Gasteiger partial charge on any atom is -0.491 e. The lowest BCUT2D eigenvalue weighted by atomic mass is 9.89. The second-order valence-corrected chi connectivity index (χ2v) is 13.4. The van der Waals surface area contributed by atoms with E-state index in [9.17, 15) is 14.7 Å². The zero-order valence-corrected chi connectivity index (χ0v) is 27.4. The summed E-state index contributed by atoms with van der Waals surface area (Å²) in [4.78, 5) is 37.6. The lowest BCUT2D eigenvalue weighted by Gasteiger charge is -2.39. The summed E-state index contributed by atoms with van der Waals surface area (Å²) in [6, 6.07) is 10.1. The van der Waals surface area contributed by atoms with Gasteiger partial charge in [-0.2, -0.15) is 5.10 Å². The number of carboxylic acids is 1. The van der Waals surface area contributed by atoms with Crippen LogP contribution < -0.4 is 10.3 Å². The van der Waals surface area contributed by atoms with E-state index in [1.54, 1.807) is 16.0 Å². The molecule has 5 aromatic rings. The number of benzene rings is 1. The summed E-state index contributed by atoms with van der Waals surface area (Å²) in [5.41, 5.74) is 4.63. The summed E-state index contributed by atoms with van der Waals surface area (Å²) < 4.78 is 10.9. The highest BCUT2D eigenvalue weighted by molar-refractivity contribution is 7.18. The van der Waals surface area contributed by atoms with Crippen LogP contribution >= 0.6 is 22.9 Å². The molecule has 0 bridgehead atoms. The minimum absolute atomic E-state index is 0.0183. The number of aromatic carboxylic acids is 1. The summed E-state index contributed by atoms with van der Waals surface area (Å²) in [6.45, 7) is 6.32. The minimum atomic E-state index is -1.02. The van der Waals surface area contributed by atoms with E-state index < -0.39 is 5.97 Å². The molecule has 1 fully saturated rings. The van der Waals surface area contributed by atoms with Crippen LogP contribution in [0.1, 0.15) is 58.4 Å². The third kappa shape index (κ3) is 5.83. The van der Waals surface area contributed by atoms with E-state index in [2.05, 4.69) is 19.7 Å². The first-order chi connectivity index (χ1) is 22.3. The number of aromatic nitrogens is 5. The van der Waals surface area contributed by atoms with Crippen molar-refractivity contribution in [2.45, 2.75) is 64.6 Å². The molecule has 238 valence electrons. The first kappa shape index (κ1) is 30.6.